The number of rotatable bonds is 3. The van der Waals surface area contributed by atoms with Gasteiger partial charge in [-0.25, -0.2) is 9.79 Å². The Bertz CT molecular complexity index is 934. The molecule has 5 nitrogen and oxygen atoms in total. The number of hydrogen-bond donors (Lipinski definition) is 1. The molecule has 26 heavy (non-hydrogen) atoms. The van der Waals surface area contributed by atoms with Crippen LogP contribution in [-0.2, 0) is 9.53 Å². The number of aliphatic imine (C=N–C) groups is 1. The zero-order valence-corrected chi connectivity index (χ0v) is 16.6. The van der Waals surface area contributed by atoms with Crippen molar-refractivity contribution in [1.82, 2.24) is 4.90 Å². The lowest BCUT2D eigenvalue weighted by Crippen LogP contribution is -2.37. The molecule has 2 aromatic carbocycles. The minimum atomic E-state index is -0.316. The van der Waals surface area contributed by atoms with Crippen LogP contribution in [-0.4, -0.2) is 36.4 Å². The quantitative estimate of drug-likeness (QED) is 0.557. The second kappa shape index (κ2) is 6.75. The molecule has 1 unspecified atom stereocenters. The SMILES string of the molecule is CCOC(=O)C1=C(c2ccc(I)cc2)N(C)C2=Nc3ccccc3NC21. The molecule has 0 saturated carbocycles. The van der Waals surface area contributed by atoms with Crippen LogP contribution in [0.1, 0.15) is 12.5 Å². The molecule has 132 valence electrons. The second-order valence-corrected chi connectivity index (χ2v) is 7.36. The molecule has 0 fully saturated rings. The number of carbonyl (C=O) groups excluding carboxylic acids is 1. The highest BCUT2D eigenvalue weighted by Crippen LogP contribution is 2.40. The molecule has 2 aliphatic heterocycles. The van der Waals surface area contributed by atoms with Crippen LogP contribution in [0.3, 0.4) is 0 Å². The molecule has 0 saturated heterocycles. The molecule has 6 heteroatoms. The molecule has 0 bridgehead atoms. The summed E-state index contributed by atoms with van der Waals surface area (Å²) >= 11 is 2.27. The van der Waals surface area contributed by atoms with Gasteiger partial charge in [0.1, 0.15) is 11.9 Å². The van der Waals surface area contributed by atoms with E-state index in [2.05, 4.69) is 27.9 Å². The largest absolute Gasteiger partial charge is 0.463 e. The first-order valence-corrected chi connectivity index (χ1v) is 9.53. The molecule has 0 spiro atoms. The first kappa shape index (κ1) is 17.1. The number of para-hydroxylation sites is 2. The van der Waals surface area contributed by atoms with E-state index in [9.17, 15) is 4.79 Å². The van der Waals surface area contributed by atoms with Gasteiger partial charge in [-0.1, -0.05) is 24.3 Å². The third-order valence-electron chi connectivity index (χ3n) is 4.53. The van der Waals surface area contributed by atoms with Crippen LogP contribution < -0.4 is 5.32 Å². The Morgan fingerprint density at radius 1 is 1.23 bits per heavy atom. The predicted molar refractivity (Wildman–Crippen MR) is 111 cm³/mol. The number of halogens is 1. The summed E-state index contributed by atoms with van der Waals surface area (Å²) in [5.41, 5.74) is 4.20. The van der Waals surface area contributed by atoms with Crippen LogP contribution in [0, 0.1) is 3.57 Å². The third kappa shape index (κ3) is 2.78. The minimum absolute atomic E-state index is 0.310. The van der Waals surface area contributed by atoms with Gasteiger partial charge in [-0.3, -0.25) is 0 Å². The molecule has 0 amide bonds. The lowest BCUT2D eigenvalue weighted by atomic mass is 10.0. The number of fused-ring (bicyclic) bond motifs is 2. The summed E-state index contributed by atoms with van der Waals surface area (Å²) in [6.45, 7) is 2.15. The highest BCUT2D eigenvalue weighted by molar-refractivity contribution is 14.1. The minimum Gasteiger partial charge on any atom is -0.463 e. The Morgan fingerprint density at radius 3 is 2.69 bits per heavy atom. The maximum Gasteiger partial charge on any atom is 0.338 e. The molecule has 0 aromatic heterocycles. The number of esters is 1. The molecule has 2 heterocycles. The number of benzene rings is 2. The van der Waals surface area contributed by atoms with Crippen molar-refractivity contribution in [2.75, 3.05) is 19.0 Å². The van der Waals surface area contributed by atoms with Gasteiger partial charge in [0.25, 0.3) is 0 Å². The Morgan fingerprint density at radius 2 is 1.96 bits per heavy atom. The normalized spacial score (nSPS) is 18.0. The molecule has 1 atom stereocenters. The predicted octanol–water partition coefficient (Wildman–Crippen LogP) is 4.04. The summed E-state index contributed by atoms with van der Waals surface area (Å²) in [5, 5.41) is 3.46. The first-order valence-electron chi connectivity index (χ1n) is 8.45. The summed E-state index contributed by atoms with van der Waals surface area (Å²) in [4.78, 5) is 19.6. The number of nitrogens with one attached hydrogen (secondary N) is 1. The van der Waals surface area contributed by atoms with Crippen LogP contribution in [0.4, 0.5) is 11.4 Å². The number of amidine groups is 1. The van der Waals surface area contributed by atoms with Gasteiger partial charge in [-0.2, -0.15) is 0 Å². The number of hydrogen-bond acceptors (Lipinski definition) is 5. The van der Waals surface area contributed by atoms with E-state index in [-0.39, 0.29) is 12.0 Å². The molecule has 0 aliphatic carbocycles. The van der Waals surface area contributed by atoms with Crippen molar-refractivity contribution in [2.45, 2.75) is 13.0 Å². The van der Waals surface area contributed by atoms with Crippen molar-refractivity contribution in [3.05, 3.63) is 63.2 Å². The van der Waals surface area contributed by atoms with E-state index in [0.717, 1.165) is 32.0 Å². The van der Waals surface area contributed by atoms with Crippen molar-refractivity contribution < 1.29 is 9.53 Å². The van der Waals surface area contributed by atoms with Gasteiger partial charge in [-0.05, 0) is 59.3 Å². The number of likely N-dealkylation sites (N-methyl/N-ethyl adjacent to an activating group) is 1. The van der Waals surface area contributed by atoms with Gasteiger partial charge in [0.15, 0.2) is 0 Å². The smallest absolute Gasteiger partial charge is 0.338 e. The zero-order chi connectivity index (χ0) is 18.3. The molecule has 0 radical (unpaired) electrons. The van der Waals surface area contributed by atoms with Crippen LogP contribution >= 0.6 is 22.6 Å². The standard InChI is InChI=1S/C20H18IN3O2/c1-3-26-20(25)16-17-19(23-15-7-5-4-6-14(15)22-17)24(2)18(16)12-8-10-13(21)11-9-12/h4-11,17,22H,3H2,1-2H3. The molecule has 2 aliphatic rings. The number of anilines is 1. The summed E-state index contributed by atoms with van der Waals surface area (Å²) < 4.78 is 6.51. The van der Waals surface area contributed by atoms with Gasteiger partial charge in [0, 0.05) is 10.6 Å². The number of nitrogens with zero attached hydrogens (tertiary/aromatic N) is 2. The van der Waals surface area contributed by atoms with E-state index in [1.54, 1.807) is 0 Å². The van der Waals surface area contributed by atoms with Gasteiger partial charge in [0.05, 0.1) is 29.3 Å². The van der Waals surface area contributed by atoms with E-state index in [1.807, 2.05) is 67.4 Å². The topological polar surface area (TPSA) is 53.9 Å². The maximum absolute atomic E-state index is 12.8. The zero-order valence-electron chi connectivity index (χ0n) is 14.5. The van der Waals surface area contributed by atoms with Gasteiger partial charge in [-0.15, -0.1) is 0 Å². The lowest BCUT2D eigenvalue weighted by molar-refractivity contribution is -0.138. The van der Waals surface area contributed by atoms with Crippen molar-refractivity contribution in [1.29, 1.82) is 0 Å². The van der Waals surface area contributed by atoms with Gasteiger partial charge < -0.3 is 15.0 Å². The Labute approximate surface area is 165 Å². The molecule has 2 aromatic rings. The summed E-state index contributed by atoms with van der Waals surface area (Å²) in [7, 11) is 1.95. The van der Waals surface area contributed by atoms with E-state index in [0.29, 0.717) is 12.2 Å². The van der Waals surface area contributed by atoms with Crippen molar-refractivity contribution >= 4 is 51.5 Å². The Hall–Kier alpha value is -2.35. The fourth-order valence-corrected chi connectivity index (χ4v) is 3.74. The molecular weight excluding hydrogens is 441 g/mol. The van der Waals surface area contributed by atoms with Gasteiger partial charge >= 0.3 is 5.97 Å². The molecule has 1 N–H and O–H groups in total. The number of carbonyl (C=O) groups is 1. The highest BCUT2D eigenvalue weighted by atomic mass is 127. The van der Waals surface area contributed by atoms with Crippen LogP contribution in [0.15, 0.2) is 59.1 Å². The van der Waals surface area contributed by atoms with E-state index < -0.39 is 0 Å². The third-order valence-corrected chi connectivity index (χ3v) is 5.25. The van der Waals surface area contributed by atoms with Crippen molar-refractivity contribution in [3.63, 3.8) is 0 Å². The Balaban J connectivity index is 1.87. The first-order chi connectivity index (χ1) is 12.6. The highest BCUT2D eigenvalue weighted by Gasteiger charge is 2.42. The molecule has 4 rings (SSSR count). The summed E-state index contributed by atoms with van der Waals surface area (Å²) in [6, 6.07) is 15.7. The van der Waals surface area contributed by atoms with Crippen molar-refractivity contribution in [3.8, 4) is 0 Å². The van der Waals surface area contributed by atoms with Crippen LogP contribution in [0.25, 0.3) is 5.70 Å². The average Bonchev–Trinajstić information content (AvgIpc) is 2.93. The second-order valence-electron chi connectivity index (χ2n) is 6.11. The maximum atomic E-state index is 12.8. The molecular formula is C20H18IN3O2. The monoisotopic (exact) mass is 459 g/mol. The van der Waals surface area contributed by atoms with Crippen LogP contribution in [0.2, 0.25) is 0 Å². The fraction of sp³-hybridized carbons (Fsp3) is 0.200. The fourth-order valence-electron chi connectivity index (χ4n) is 3.38. The number of ether oxygens (including phenoxy) is 1. The van der Waals surface area contributed by atoms with Crippen molar-refractivity contribution in [2.24, 2.45) is 4.99 Å². The summed E-state index contributed by atoms with van der Waals surface area (Å²) in [5.74, 6) is 0.496. The lowest BCUT2D eigenvalue weighted by Gasteiger charge is -2.26. The Kier molecular flexibility index (Phi) is 4.44. The van der Waals surface area contributed by atoms with Crippen LogP contribution in [0.5, 0.6) is 0 Å². The summed E-state index contributed by atoms with van der Waals surface area (Å²) in [6.07, 6.45) is 0. The van der Waals surface area contributed by atoms with E-state index >= 15 is 0 Å². The van der Waals surface area contributed by atoms with E-state index in [1.165, 1.54) is 0 Å². The van der Waals surface area contributed by atoms with Gasteiger partial charge in [0.2, 0.25) is 0 Å². The average molecular weight is 459 g/mol. The van der Waals surface area contributed by atoms with E-state index in [4.69, 9.17) is 9.73 Å².